The lowest BCUT2D eigenvalue weighted by molar-refractivity contribution is -0.138. The van der Waals surface area contributed by atoms with Gasteiger partial charge in [0.15, 0.2) is 0 Å². The Balaban J connectivity index is 1.80. The van der Waals surface area contributed by atoms with Crippen LogP contribution in [-0.2, 0) is 9.59 Å². The highest BCUT2D eigenvalue weighted by Gasteiger charge is 2.23. The monoisotopic (exact) mass is 304 g/mol. The van der Waals surface area contributed by atoms with Crippen LogP contribution in [0.25, 0.3) is 0 Å². The van der Waals surface area contributed by atoms with Crippen molar-refractivity contribution < 1.29 is 14.7 Å². The van der Waals surface area contributed by atoms with E-state index in [1.165, 1.54) is 0 Å². The molecule has 0 spiro atoms. The lowest BCUT2D eigenvalue weighted by Crippen LogP contribution is -2.43. The minimum absolute atomic E-state index is 0.00710. The maximum absolute atomic E-state index is 12.2. The second-order valence-corrected chi connectivity index (χ2v) is 6.04. The summed E-state index contributed by atoms with van der Waals surface area (Å²) in [5.74, 6) is -0.605. The molecule has 2 atom stereocenters. The molecule has 1 aromatic carbocycles. The number of carbonyl (C=O) groups excluding carboxylic acids is 1. The number of nitrogens with one attached hydrogen (secondary N) is 1. The Morgan fingerprint density at radius 2 is 2.09 bits per heavy atom. The molecular formula is C17H24N2O3. The molecule has 1 aliphatic heterocycles. The van der Waals surface area contributed by atoms with Crippen LogP contribution in [0.15, 0.2) is 30.3 Å². The molecule has 0 aromatic heterocycles. The van der Waals surface area contributed by atoms with Gasteiger partial charge < -0.3 is 10.4 Å². The number of carboxylic acids is 1. The zero-order valence-corrected chi connectivity index (χ0v) is 13.0. The summed E-state index contributed by atoms with van der Waals surface area (Å²) in [7, 11) is 0. The molecule has 0 bridgehead atoms. The Morgan fingerprint density at radius 1 is 1.36 bits per heavy atom. The maximum atomic E-state index is 12.2. The Bertz CT molecular complexity index is 504. The number of amides is 1. The highest BCUT2D eigenvalue weighted by Crippen LogP contribution is 2.19. The lowest BCUT2D eigenvalue weighted by atomic mass is 9.95. The summed E-state index contributed by atoms with van der Waals surface area (Å²) in [6.45, 7) is 3.87. The molecule has 5 nitrogen and oxygen atoms in total. The fraction of sp³-hybridized carbons (Fsp3) is 0.529. The van der Waals surface area contributed by atoms with Gasteiger partial charge in [-0.2, -0.15) is 0 Å². The SMILES string of the molecule is CC(NC(=O)CN1CCCC(CC(=O)O)C1)c1ccccc1. The van der Waals surface area contributed by atoms with E-state index < -0.39 is 5.97 Å². The molecule has 0 aliphatic carbocycles. The van der Waals surface area contributed by atoms with Crippen LogP contribution >= 0.6 is 0 Å². The standard InChI is InChI=1S/C17H24N2O3/c1-13(15-7-3-2-4-8-15)18-16(20)12-19-9-5-6-14(11-19)10-17(21)22/h2-4,7-8,13-14H,5-6,9-12H2,1H3,(H,18,20)(H,21,22). The summed E-state index contributed by atoms with van der Waals surface area (Å²) < 4.78 is 0. The quantitative estimate of drug-likeness (QED) is 0.844. The van der Waals surface area contributed by atoms with Gasteiger partial charge in [-0.15, -0.1) is 0 Å². The predicted molar refractivity (Wildman–Crippen MR) is 84.4 cm³/mol. The summed E-state index contributed by atoms with van der Waals surface area (Å²) in [5, 5.41) is 11.9. The number of hydrogen-bond donors (Lipinski definition) is 2. The highest BCUT2D eigenvalue weighted by atomic mass is 16.4. The molecule has 1 fully saturated rings. The number of nitrogens with zero attached hydrogens (tertiary/aromatic N) is 1. The number of piperidine rings is 1. The number of hydrogen-bond acceptors (Lipinski definition) is 3. The van der Waals surface area contributed by atoms with E-state index in [9.17, 15) is 9.59 Å². The van der Waals surface area contributed by atoms with Crippen LogP contribution in [-0.4, -0.2) is 41.5 Å². The first-order valence-electron chi connectivity index (χ1n) is 7.83. The second-order valence-electron chi connectivity index (χ2n) is 6.04. The van der Waals surface area contributed by atoms with E-state index >= 15 is 0 Å². The molecule has 5 heteroatoms. The van der Waals surface area contributed by atoms with Crippen molar-refractivity contribution in [1.82, 2.24) is 10.2 Å². The number of likely N-dealkylation sites (tertiary alicyclic amines) is 1. The molecule has 0 saturated carbocycles. The van der Waals surface area contributed by atoms with E-state index in [0.29, 0.717) is 13.1 Å². The lowest BCUT2D eigenvalue weighted by Gasteiger charge is -2.31. The molecule has 1 saturated heterocycles. The summed E-state index contributed by atoms with van der Waals surface area (Å²) in [6, 6.07) is 9.84. The van der Waals surface area contributed by atoms with Crippen LogP contribution in [0.3, 0.4) is 0 Å². The van der Waals surface area contributed by atoms with Crippen molar-refractivity contribution in [2.45, 2.75) is 32.2 Å². The van der Waals surface area contributed by atoms with Crippen LogP contribution in [0.2, 0.25) is 0 Å². The second kappa shape index (κ2) is 7.94. The number of aliphatic carboxylic acids is 1. The number of benzene rings is 1. The topological polar surface area (TPSA) is 69.6 Å². The fourth-order valence-corrected chi connectivity index (χ4v) is 3.02. The normalized spacial score (nSPS) is 20.3. The number of rotatable bonds is 6. The molecule has 2 N–H and O–H groups in total. The predicted octanol–water partition coefficient (Wildman–Crippen LogP) is 2.05. The molecule has 0 radical (unpaired) electrons. The van der Waals surface area contributed by atoms with Gasteiger partial charge in [0.2, 0.25) is 5.91 Å². The van der Waals surface area contributed by atoms with Crippen LogP contribution in [0.4, 0.5) is 0 Å². The van der Waals surface area contributed by atoms with E-state index in [-0.39, 0.29) is 24.3 Å². The fourth-order valence-electron chi connectivity index (χ4n) is 3.02. The molecule has 22 heavy (non-hydrogen) atoms. The van der Waals surface area contributed by atoms with Crippen molar-refractivity contribution >= 4 is 11.9 Å². The van der Waals surface area contributed by atoms with E-state index in [1.54, 1.807) is 0 Å². The van der Waals surface area contributed by atoms with Crippen molar-refractivity contribution in [3.05, 3.63) is 35.9 Å². The summed E-state index contributed by atoms with van der Waals surface area (Å²) >= 11 is 0. The first-order valence-corrected chi connectivity index (χ1v) is 7.83. The van der Waals surface area contributed by atoms with Crippen LogP contribution in [0.5, 0.6) is 0 Å². The Hall–Kier alpha value is -1.88. The summed E-state index contributed by atoms with van der Waals surface area (Å²) in [6.07, 6.45) is 2.09. The first-order chi connectivity index (χ1) is 10.5. The zero-order chi connectivity index (χ0) is 15.9. The van der Waals surface area contributed by atoms with Crippen molar-refractivity contribution in [1.29, 1.82) is 0 Å². The molecule has 120 valence electrons. The van der Waals surface area contributed by atoms with E-state index in [1.807, 2.05) is 37.3 Å². The van der Waals surface area contributed by atoms with Gasteiger partial charge in [0.05, 0.1) is 12.6 Å². The van der Waals surface area contributed by atoms with Gasteiger partial charge in [-0.1, -0.05) is 30.3 Å². The van der Waals surface area contributed by atoms with Gasteiger partial charge in [0.25, 0.3) is 0 Å². The molecule has 2 rings (SSSR count). The van der Waals surface area contributed by atoms with Crippen molar-refractivity contribution in [3.8, 4) is 0 Å². The Morgan fingerprint density at radius 3 is 2.77 bits per heavy atom. The van der Waals surface area contributed by atoms with Gasteiger partial charge in [0.1, 0.15) is 0 Å². The number of carbonyl (C=O) groups is 2. The van der Waals surface area contributed by atoms with E-state index in [2.05, 4.69) is 10.2 Å². The molecule has 1 heterocycles. The largest absolute Gasteiger partial charge is 0.481 e. The van der Waals surface area contributed by atoms with Gasteiger partial charge in [-0.3, -0.25) is 14.5 Å². The zero-order valence-electron chi connectivity index (χ0n) is 13.0. The molecule has 1 amide bonds. The van der Waals surface area contributed by atoms with E-state index in [4.69, 9.17) is 5.11 Å². The van der Waals surface area contributed by atoms with Crippen LogP contribution in [0, 0.1) is 5.92 Å². The average Bonchev–Trinajstić information content (AvgIpc) is 2.47. The Kier molecular flexibility index (Phi) is 5.95. The Labute approximate surface area is 131 Å². The van der Waals surface area contributed by atoms with Gasteiger partial charge >= 0.3 is 5.97 Å². The minimum atomic E-state index is -0.756. The summed E-state index contributed by atoms with van der Waals surface area (Å²) in [4.78, 5) is 25.0. The summed E-state index contributed by atoms with van der Waals surface area (Å²) in [5.41, 5.74) is 1.08. The maximum Gasteiger partial charge on any atom is 0.303 e. The minimum Gasteiger partial charge on any atom is -0.481 e. The smallest absolute Gasteiger partial charge is 0.303 e. The molecular weight excluding hydrogens is 280 g/mol. The van der Waals surface area contributed by atoms with Crippen LogP contribution < -0.4 is 5.32 Å². The van der Waals surface area contributed by atoms with Gasteiger partial charge in [-0.05, 0) is 37.8 Å². The van der Waals surface area contributed by atoms with Crippen molar-refractivity contribution in [2.24, 2.45) is 5.92 Å². The highest BCUT2D eigenvalue weighted by molar-refractivity contribution is 5.78. The van der Waals surface area contributed by atoms with Gasteiger partial charge in [-0.25, -0.2) is 0 Å². The third kappa shape index (κ3) is 5.15. The van der Waals surface area contributed by atoms with Crippen LogP contribution in [0.1, 0.15) is 37.8 Å². The van der Waals surface area contributed by atoms with Crippen molar-refractivity contribution in [2.75, 3.05) is 19.6 Å². The third-order valence-corrected chi connectivity index (χ3v) is 4.11. The van der Waals surface area contributed by atoms with Gasteiger partial charge in [0, 0.05) is 13.0 Å². The first kappa shape index (κ1) is 16.5. The third-order valence-electron chi connectivity index (χ3n) is 4.11. The average molecular weight is 304 g/mol. The van der Waals surface area contributed by atoms with Crippen molar-refractivity contribution in [3.63, 3.8) is 0 Å². The van der Waals surface area contributed by atoms with E-state index in [0.717, 1.165) is 24.9 Å². The molecule has 1 aliphatic rings. The molecule has 1 aromatic rings. The number of carboxylic acid groups (broad SMARTS) is 1. The molecule has 2 unspecified atom stereocenters.